The quantitative estimate of drug-likeness (QED) is 0.556. The molecular weight excluding hydrogens is 400 g/mol. The fourth-order valence-electron chi connectivity index (χ4n) is 3.72. The second-order valence-electron chi connectivity index (χ2n) is 6.84. The lowest BCUT2D eigenvalue weighted by Crippen LogP contribution is -2.19. The van der Waals surface area contributed by atoms with E-state index >= 15 is 0 Å². The molecule has 0 radical (unpaired) electrons. The molecule has 1 amide bonds. The van der Waals surface area contributed by atoms with Gasteiger partial charge in [-0.1, -0.05) is 0 Å². The topological polar surface area (TPSA) is 99.0 Å². The minimum atomic E-state index is -1.19. The molecule has 164 valence electrons. The number of carbonyl (C=O) groups excluding carboxylic acids is 1. The van der Waals surface area contributed by atoms with Crippen LogP contribution in [0.3, 0.4) is 0 Å². The number of methoxy groups -OCH3 is 2. The monoisotopic (exact) mass is 426 g/mol. The fourth-order valence-corrected chi connectivity index (χ4v) is 3.72. The molecule has 0 aliphatic rings. The van der Waals surface area contributed by atoms with Gasteiger partial charge in [0.1, 0.15) is 11.4 Å². The molecular formula is C23H26N2O6. The Morgan fingerprint density at radius 1 is 1.06 bits per heavy atom. The van der Waals surface area contributed by atoms with Gasteiger partial charge in [0.25, 0.3) is 5.91 Å². The summed E-state index contributed by atoms with van der Waals surface area (Å²) in [4.78, 5) is 25.1. The molecule has 0 unspecified atom stereocenters. The molecule has 31 heavy (non-hydrogen) atoms. The Balaban J connectivity index is 2.10. The second-order valence-corrected chi connectivity index (χ2v) is 6.84. The Kier molecular flexibility index (Phi) is 6.39. The highest BCUT2D eigenvalue weighted by molar-refractivity contribution is 6.11. The summed E-state index contributed by atoms with van der Waals surface area (Å²) in [5.41, 5.74) is 2.17. The van der Waals surface area contributed by atoms with Crippen LogP contribution in [0.5, 0.6) is 17.2 Å². The van der Waals surface area contributed by atoms with Gasteiger partial charge in [0, 0.05) is 29.6 Å². The SMILES string of the molecule is CCOc1ccc2c(c1)c(C)c(C(=O)Nc1cc(OC)c(OC)cc1C(=O)O)n2CC. The van der Waals surface area contributed by atoms with Gasteiger partial charge in [-0.3, -0.25) is 4.79 Å². The predicted octanol–water partition coefficient (Wildman–Crippen LogP) is 4.34. The molecule has 0 atom stereocenters. The molecule has 0 saturated heterocycles. The van der Waals surface area contributed by atoms with Gasteiger partial charge < -0.3 is 29.2 Å². The number of carboxylic acid groups (broad SMARTS) is 1. The number of aromatic carboxylic acids is 1. The summed E-state index contributed by atoms with van der Waals surface area (Å²) in [5, 5.41) is 13.3. The molecule has 1 aromatic heterocycles. The lowest BCUT2D eigenvalue weighted by atomic mass is 10.1. The van der Waals surface area contributed by atoms with E-state index in [1.165, 1.54) is 26.4 Å². The van der Waals surface area contributed by atoms with Crippen molar-refractivity contribution in [2.45, 2.75) is 27.3 Å². The number of benzene rings is 2. The average molecular weight is 426 g/mol. The number of hydrogen-bond acceptors (Lipinski definition) is 5. The van der Waals surface area contributed by atoms with Crippen LogP contribution in [0.1, 0.15) is 40.3 Å². The van der Waals surface area contributed by atoms with E-state index in [2.05, 4.69) is 5.32 Å². The van der Waals surface area contributed by atoms with E-state index in [1.54, 1.807) is 0 Å². The number of hydrogen-bond donors (Lipinski definition) is 2. The molecule has 2 N–H and O–H groups in total. The first kappa shape index (κ1) is 22.0. The summed E-state index contributed by atoms with van der Waals surface area (Å²) in [6, 6.07) is 8.48. The van der Waals surface area contributed by atoms with Gasteiger partial charge in [0.05, 0.1) is 32.1 Å². The minimum absolute atomic E-state index is 0.0959. The van der Waals surface area contributed by atoms with Crippen molar-refractivity contribution in [3.05, 3.63) is 47.2 Å². The van der Waals surface area contributed by atoms with Gasteiger partial charge in [-0.15, -0.1) is 0 Å². The van der Waals surface area contributed by atoms with Crippen molar-refractivity contribution in [2.75, 3.05) is 26.1 Å². The highest BCUT2D eigenvalue weighted by Gasteiger charge is 2.23. The lowest BCUT2D eigenvalue weighted by Gasteiger charge is -2.15. The number of rotatable bonds is 8. The lowest BCUT2D eigenvalue weighted by molar-refractivity contribution is 0.0697. The average Bonchev–Trinajstić information content (AvgIpc) is 3.04. The zero-order valence-electron chi connectivity index (χ0n) is 18.2. The maximum absolute atomic E-state index is 13.3. The van der Waals surface area contributed by atoms with E-state index in [9.17, 15) is 14.7 Å². The third-order valence-corrected chi connectivity index (χ3v) is 5.13. The molecule has 2 aromatic carbocycles. The molecule has 1 heterocycles. The summed E-state index contributed by atoms with van der Waals surface area (Å²) in [7, 11) is 2.86. The molecule has 0 fully saturated rings. The van der Waals surface area contributed by atoms with Gasteiger partial charge in [0.15, 0.2) is 11.5 Å². The van der Waals surface area contributed by atoms with Crippen LogP contribution < -0.4 is 19.5 Å². The van der Waals surface area contributed by atoms with Gasteiger partial charge in [0.2, 0.25) is 0 Å². The molecule has 0 saturated carbocycles. The largest absolute Gasteiger partial charge is 0.494 e. The standard InChI is InChI=1S/C23H26N2O6/c1-6-25-18-9-8-14(31-7-2)10-15(18)13(3)21(25)22(26)24-17-12-20(30-5)19(29-4)11-16(17)23(27)28/h8-12H,6-7H2,1-5H3,(H,24,26)(H,27,28). The van der Waals surface area contributed by atoms with Crippen LogP contribution in [0.2, 0.25) is 0 Å². The summed E-state index contributed by atoms with van der Waals surface area (Å²) < 4.78 is 17.9. The summed E-state index contributed by atoms with van der Waals surface area (Å²) in [6.45, 7) is 6.84. The van der Waals surface area contributed by atoms with Crippen molar-refractivity contribution < 1.29 is 28.9 Å². The van der Waals surface area contributed by atoms with Gasteiger partial charge >= 0.3 is 5.97 Å². The van der Waals surface area contributed by atoms with E-state index in [4.69, 9.17) is 14.2 Å². The Labute approximate surface area is 180 Å². The number of ether oxygens (including phenoxy) is 3. The molecule has 8 heteroatoms. The molecule has 3 rings (SSSR count). The second kappa shape index (κ2) is 8.99. The van der Waals surface area contributed by atoms with E-state index in [-0.39, 0.29) is 17.0 Å². The van der Waals surface area contributed by atoms with Crippen LogP contribution in [0, 0.1) is 6.92 Å². The number of anilines is 1. The molecule has 8 nitrogen and oxygen atoms in total. The van der Waals surface area contributed by atoms with Crippen molar-refractivity contribution >= 4 is 28.5 Å². The third kappa shape index (κ3) is 4.01. The van der Waals surface area contributed by atoms with Crippen LogP contribution in [0.15, 0.2) is 30.3 Å². The van der Waals surface area contributed by atoms with Crippen LogP contribution in [-0.2, 0) is 6.54 Å². The first-order valence-corrected chi connectivity index (χ1v) is 9.92. The maximum atomic E-state index is 13.3. The first-order valence-electron chi connectivity index (χ1n) is 9.92. The fraction of sp³-hybridized carbons (Fsp3) is 0.304. The highest BCUT2D eigenvalue weighted by Crippen LogP contribution is 2.35. The number of amides is 1. The van der Waals surface area contributed by atoms with Crippen molar-refractivity contribution in [1.82, 2.24) is 4.57 Å². The minimum Gasteiger partial charge on any atom is -0.494 e. The first-order chi connectivity index (χ1) is 14.9. The summed E-state index contributed by atoms with van der Waals surface area (Å²) >= 11 is 0. The van der Waals surface area contributed by atoms with Crippen LogP contribution in [-0.4, -0.2) is 42.4 Å². The molecule has 3 aromatic rings. The third-order valence-electron chi connectivity index (χ3n) is 5.13. The van der Waals surface area contributed by atoms with Crippen molar-refractivity contribution in [3.8, 4) is 17.2 Å². The maximum Gasteiger partial charge on any atom is 0.337 e. The molecule has 0 aliphatic carbocycles. The molecule has 0 aliphatic heterocycles. The smallest absolute Gasteiger partial charge is 0.337 e. The number of fused-ring (bicyclic) bond motifs is 1. The van der Waals surface area contributed by atoms with E-state index < -0.39 is 11.9 Å². The number of carbonyl (C=O) groups is 2. The predicted molar refractivity (Wildman–Crippen MR) is 118 cm³/mol. The Morgan fingerprint density at radius 3 is 2.32 bits per heavy atom. The van der Waals surface area contributed by atoms with Crippen molar-refractivity contribution in [1.29, 1.82) is 0 Å². The van der Waals surface area contributed by atoms with Gasteiger partial charge in [-0.05, 0) is 44.5 Å². The zero-order chi connectivity index (χ0) is 22.7. The summed E-state index contributed by atoms with van der Waals surface area (Å²) in [5.74, 6) is -0.294. The van der Waals surface area contributed by atoms with E-state index in [0.29, 0.717) is 24.6 Å². The Morgan fingerprint density at radius 2 is 1.74 bits per heavy atom. The number of nitrogens with zero attached hydrogens (tertiary/aromatic N) is 1. The van der Waals surface area contributed by atoms with Crippen molar-refractivity contribution in [3.63, 3.8) is 0 Å². The summed E-state index contributed by atoms with van der Waals surface area (Å²) in [6.07, 6.45) is 0. The van der Waals surface area contributed by atoms with Crippen LogP contribution in [0.25, 0.3) is 10.9 Å². The highest BCUT2D eigenvalue weighted by atomic mass is 16.5. The van der Waals surface area contributed by atoms with E-state index in [0.717, 1.165) is 22.2 Å². The number of carboxylic acids is 1. The molecule has 0 bridgehead atoms. The Hall–Kier alpha value is -3.68. The zero-order valence-corrected chi connectivity index (χ0v) is 18.2. The number of nitrogens with one attached hydrogen (secondary N) is 1. The van der Waals surface area contributed by atoms with Gasteiger partial charge in [-0.25, -0.2) is 4.79 Å². The van der Waals surface area contributed by atoms with Crippen molar-refractivity contribution in [2.24, 2.45) is 0 Å². The molecule has 0 spiro atoms. The Bertz CT molecular complexity index is 1150. The van der Waals surface area contributed by atoms with E-state index in [1.807, 2.05) is 43.5 Å². The number of aryl methyl sites for hydroxylation is 2. The van der Waals surface area contributed by atoms with Gasteiger partial charge in [-0.2, -0.15) is 0 Å². The normalized spacial score (nSPS) is 10.7. The van der Waals surface area contributed by atoms with Crippen LogP contribution in [0.4, 0.5) is 5.69 Å². The number of aromatic nitrogens is 1. The van der Waals surface area contributed by atoms with Crippen LogP contribution >= 0.6 is 0 Å².